The molecule has 1 atom stereocenters. The molecule has 2 aliphatic rings. The highest BCUT2D eigenvalue weighted by Crippen LogP contribution is 2.28. The van der Waals surface area contributed by atoms with Gasteiger partial charge in [-0.1, -0.05) is 11.6 Å². The molecule has 1 aliphatic carbocycles. The predicted molar refractivity (Wildman–Crippen MR) is 45.6 cm³/mol. The van der Waals surface area contributed by atoms with Crippen molar-refractivity contribution in [2.24, 2.45) is 5.92 Å². The fourth-order valence-corrected chi connectivity index (χ4v) is 1.65. The van der Waals surface area contributed by atoms with Gasteiger partial charge in [0.2, 0.25) is 0 Å². The Kier molecular flexibility index (Phi) is 2.15. The number of rotatable bonds is 2. The number of carbonyl (C=O) groups is 1. The Labute approximate surface area is 72.6 Å². The summed E-state index contributed by atoms with van der Waals surface area (Å²) in [5, 5.41) is 0. The summed E-state index contributed by atoms with van der Waals surface area (Å²) < 4.78 is 4.88. The van der Waals surface area contributed by atoms with Crippen LogP contribution in [0.25, 0.3) is 0 Å². The maximum absolute atomic E-state index is 11.0. The van der Waals surface area contributed by atoms with E-state index in [0.717, 1.165) is 12.8 Å². The van der Waals surface area contributed by atoms with Crippen LogP contribution in [0.2, 0.25) is 0 Å². The molecule has 12 heavy (non-hydrogen) atoms. The van der Waals surface area contributed by atoms with E-state index in [4.69, 9.17) is 4.74 Å². The second kappa shape index (κ2) is 3.30. The van der Waals surface area contributed by atoms with Crippen molar-refractivity contribution in [1.29, 1.82) is 0 Å². The molecule has 0 radical (unpaired) electrons. The Hall–Kier alpha value is -0.790. The molecular weight excluding hydrogens is 152 g/mol. The van der Waals surface area contributed by atoms with E-state index < -0.39 is 0 Å². The maximum Gasteiger partial charge on any atom is 0.309 e. The summed E-state index contributed by atoms with van der Waals surface area (Å²) in [5.74, 6) is 0.171. The molecule has 2 rings (SSSR count). The third-order valence-corrected chi connectivity index (χ3v) is 2.73. The Morgan fingerprint density at radius 2 is 2.33 bits per heavy atom. The van der Waals surface area contributed by atoms with Crippen LogP contribution < -0.4 is 0 Å². The fourth-order valence-electron chi connectivity index (χ4n) is 1.65. The Bertz CT molecular complexity index is 212. The summed E-state index contributed by atoms with van der Waals surface area (Å²) in [6.07, 6.45) is 7.90. The van der Waals surface area contributed by atoms with E-state index in [9.17, 15) is 4.79 Å². The van der Waals surface area contributed by atoms with Crippen molar-refractivity contribution >= 4 is 5.97 Å². The molecule has 0 aromatic carbocycles. The van der Waals surface area contributed by atoms with Crippen LogP contribution in [0.5, 0.6) is 0 Å². The first-order chi connectivity index (χ1) is 5.86. The van der Waals surface area contributed by atoms with Gasteiger partial charge in [-0.2, -0.15) is 0 Å². The van der Waals surface area contributed by atoms with Crippen LogP contribution >= 0.6 is 0 Å². The predicted octanol–water partition coefficient (Wildman–Crippen LogP) is 2.05. The first kappa shape index (κ1) is 7.84. The second-order valence-corrected chi connectivity index (χ2v) is 3.60. The highest BCUT2D eigenvalue weighted by atomic mass is 16.5. The zero-order chi connectivity index (χ0) is 8.39. The summed E-state index contributed by atoms with van der Waals surface area (Å²) in [7, 11) is 0. The summed E-state index contributed by atoms with van der Waals surface area (Å²) >= 11 is 0. The zero-order valence-electron chi connectivity index (χ0n) is 7.21. The van der Waals surface area contributed by atoms with E-state index in [-0.39, 0.29) is 11.9 Å². The van der Waals surface area contributed by atoms with Crippen LogP contribution in [0.1, 0.15) is 32.1 Å². The molecule has 0 bridgehead atoms. The van der Waals surface area contributed by atoms with Crippen molar-refractivity contribution in [3.05, 3.63) is 11.6 Å². The van der Waals surface area contributed by atoms with E-state index >= 15 is 0 Å². The number of hydrogen-bond donors (Lipinski definition) is 0. The molecule has 0 spiro atoms. The lowest BCUT2D eigenvalue weighted by atomic mass is 9.90. The maximum atomic E-state index is 11.0. The number of esters is 1. The van der Waals surface area contributed by atoms with E-state index in [1.165, 1.54) is 24.8 Å². The molecule has 2 nitrogen and oxygen atoms in total. The number of hydrogen-bond acceptors (Lipinski definition) is 2. The lowest BCUT2D eigenvalue weighted by molar-refractivity contribution is -0.141. The minimum atomic E-state index is 0.00572. The van der Waals surface area contributed by atoms with Gasteiger partial charge in [-0.05, 0) is 32.1 Å². The Balaban J connectivity index is 1.82. The molecule has 1 saturated heterocycles. The third kappa shape index (κ3) is 1.52. The fraction of sp³-hybridized carbons (Fsp3) is 0.700. The quantitative estimate of drug-likeness (QED) is 0.463. The summed E-state index contributed by atoms with van der Waals surface area (Å²) in [4.78, 5) is 11.0. The third-order valence-electron chi connectivity index (χ3n) is 2.73. The lowest BCUT2D eigenvalue weighted by Gasteiger charge is -2.16. The van der Waals surface area contributed by atoms with E-state index in [1.54, 1.807) is 0 Å². The van der Waals surface area contributed by atoms with Crippen molar-refractivity contribution < 1.29 is 9.53 Å². The molecule has 1 aliphatic heterocycles. The van der Waals surface area contributed by atoms with Gasteiger partial charge in [0, 0.05) is 0 Å². The number of cyclic esters (lactones) is 1. The van der Waals surface area contributed by atoms with Crippen LogP contribution in [0.4, 0.5) is 0 Å². The second-order valence-electron chi connectivity index (χ2n) is 3.60. The average molecular weight is 166 g/mol. The molecule has 1 heterocycles. The molecule has 0 N–H and O–H groups in total. The van der Waals surface area contributed by atoms with Crippen LogP contribution in [0.3, 0.4) is 0 Å². The Morgan fingerprint density at radius 3 is 2.83 bits per heavy atom. The topological polar surface area (TPSA) is 26.3 Å². The van der Waals surface area contributed by atoms with Crippen LogP contribution in [0.15, 0.2) is 11.6 Å². The van der Waals surface area contributed by atoms with Crippen LogP contribution in [-0.2, 0) is 9.53 Å². The van der Waals surface area contributed by atoms with Gasteiger partial charge in [0.1, 0.15) is 0 Å². The largest absolute Gasteiger partial charge is 0.465 e. The van der Waals surface area contributed by atoms with Gasteiger partial charge in [-0.3, -0.25) is 4.79 Å². The van der Waals surface area contributed by atoms with Crippen molar-refractivity contribution in [2.75, 3.05) is 6.61 Å². The summed E-state index contributed by atoms with van der Waals surface area (Å²) in [5.41, 5.74) is 1.54. The molecule has 0 aromatic rings. The number of ether oxygens (including phenoxy) is 1. The molecule has 2 fully saturated rings. The lowest BCUT2D eigenvalue weighted by Crippen LogP contribution is -2.07. The van der Waals surface area contributed by atoms with Gasteiger partial charge >= 0.3 is 5.97 Å². The zero-order valence-corrected chi connectivity index (χ0v) is 7.21. The van der Waals surface area contributed by atoms with Crippen molar-refractivity contribution in [3.8, 4) is 0 Å². The first-order valence-electron chi connectivity index (χ1n) is 4.71. The first-order valence-corrected chi connectivity index (χ1v) is 4.71. The monoisotopic (exact) mass is 166 g/mol. The highest BCUT2D eigenvalue weighted by molar-refractivity contribution is 5.74. The van der Waals surface area contributed by atoms with Crippen molar-refractivity contribution in [2.45, 2.75) is 32.1 Å². The van der Waals surface area contributed by atoms with E-state index in [1.807, 2.05) is 0 Å². The molecular formula is C10H14O2. The van der Waals surface area contributed by atoms with Gasteiger partial charge in [0.05, 0.1) is 12.5 Å². The number of allylic oxidation sites excluding steroid dienone is 2. The van der Waals surface area contributed by atoms with Gasteiger partial charge in [0.25, 0.3) is 0 Å². The molecule has 1 unspecified atom stereocenters. The van der Waals surface area contributed by atoms with Crippen molar-refractivity contribution in [1.82, 2.24) is 0 Å². The minimum absolute atomic E-state index is 0.00572. The van der Waals surface area contributed by atoms with Gasteiger partial charge in [0.15, 0.2) is 0 Å². The molecule has 0 amide bonds. The molecule has 1 saturated carbocycles. The molecule has 0 aromatic heterocycles. The summed E-state index contributed by atoms with van der Waals surface area (Å²) in [6, 6.07) is 0. The minimum Gasteiger partial charge on any atom is -0.465 e. The summed E-state index contributed by atoms with van der Waals surface area (Å²) in [6.45, 7) is 0.632. The molecule has 2 heteroatoms. The standard InChI is InChI=1S/C10H14O2/c11-10-9(6-7-12-10)5-4-8-2-1-3-8/h4,9H,1-3,5-7H2. The SMILES string of the molecule is O=C1OCCC1CC=C1CCC1. The smallest absolute Gasteiger partial charge is 0.309 e. The van der Waals surface area contributed by atoms with Crippen molar-refractivity contribution in [3.63, 3.8) is 0 Å². The van der Waals surface area contributed by atoms with E-state index in [0.29, 0.717) is 6.61 Å². The number of carbonyl (C=O) groups excluding carboxylic acids is 1. The van der Waals surface area contributed by atoms with E-state index in [2.05, 4.69) is 6.08 Å². The van der Waals surface area contributed by atoms with Crippen LogP contribution in [0, 0.1) is 5.92 Å². The Morgan fingerprint density at radius 1 is 1.50 bits per heavy atom. The van der Waals surface area contributed by atoms with Gasteiger partial charge in [-0.15, -0.1) is 0 Å². The van der Waals surface area contributed by atoms with Gasteiger partial charge < -0.3 is 4.74 Å². The average Bonchev–Trinajstić information content (AvgIpc) is 2.33. The highest BCUT2D eigenvalue weighted by Gasteiger charge is 2.25. The normalized spacial score (nSPS) is 28.2. The van der Waals surface area contributed by atoms with Gasteiger partial charge in [-0.25, -0.2) is 0 Å². The van der Waals surface area contributed by atoms with Crippen LogP contribution in [-0.4, -0.2) is 12.6 Å². The molecule has 66 valence electrons.